The molecule has 1 aliphatic heterocycles. The molecule has 0 N–H and O–H groups in total. The van der Waals surface area contributed by atoms with E-state index in [0.29, 0.717) is 6.10 Å². The quantitative estimate of drug-likeness (QED) is 0.254. The molecule has 1 unspecified atom stereocenters. The van der Waals surface area contributed by atoms with Gasteiger partial charge in [0.1, 0.15) is 0 Å². The van der Waals surface area contributed by atoms with Crippen molar-refractivity contribution in [3.8, 4) is 0 Å². The van der Waals surface area contributed by atoms with Crippen LogP contribution in [-0.4, -0.2) is 21.5 Å². The first-order valence-corrected chi connectivity index (χ1v) is 15.4. The highest BCUT2D eigenvalue weighted by molar-refractivity contribution is 7.40. The monoisotopic (exact) mass is 326 g/mol. The van der Waals surface area contributed by atoms with Crippen LogP contribution in [0.1, 0.15) is 66.2 Å². The van der Waals surface area contributed by atoms with E-state index in [1.165, 1.54) is 62.7 Å². The lowest BCUT2D eigenvalue weighted by atomic mass is 10.1. The number of allylic oxidation sites excluding steroid dienone is 1. The molecule has 1 fully saturated rings. The van der Waals surface area contributed by atoms with E-state index in [4.69, 9.17) is 4.43 Å². The number of hydrogen-bond donors (Lipinski definition) is 0. The topological polar surface area (TPSA) is 9.23 Å². The van der Waals surface area contributed by atoms with E-state index in [2.05, 4.69) is 34.3 Å². The summed E-state index contributed by atoms with van der Waals surface area (Å²) in [5.74, 6) is 0. The molecule has 0 saturated carbocycles. The van der Waals surface area contributed by atoms with E-state index in [1.807, 2.05) is 6.08 Å². The Morgan fingerprint density at radius 2 is 1.67 bits per heavy atom. The third-order valence-electron chi connectivity index (χ3n) is 6.23. The van der Waals surface area contributed by atoms with Crippen LogP contribution in [0, 0.1) is 0 Å². The Labute approximate surface area is 135 Å². The Hall–Kier alpha value is 0.134. The second kappa shape index (κ2) is 9.31. The first-order valence-electron chi connectivity index (χ1n) is 9.42. The second-order valence-electron chi connectivity index (χ2n) is 6.89. The summed E-state index contributed by atoms with van der Waals surface area (Å²) in [6.45, 7) is 13.6. The van der Waals surface area contributed by atoms with Gasteiger partial charge < -0.3 is 4.43 Å². The fourth-order valence-electron chi connectivity index (χ4n) is 4.62. The predicted molar refractivity (Wildman–Crippen MR) is 101 cm³/mol. The van der Waals surface area contributed by atoms with E-state index in [9.17, 15) is 0 Å². The van der Waals surface area contributed by atoms with Gasteiger partial charge in [-0.05, 0) is 37.8 Å². The average molecular weight is 327 g/mol. The van der Waals surface area contributed by atoms with Gasteiger partial charge in [0.2, 0.25) is 0 Å². The van der Waals surface area contributed by atoms with Crippen LogP contribution in [0.2, 0.25) is 30.2 Å². The first kappa shape index (κ1) is 19.2. The number of hydrogen-bond acceptors (Lipinski definition) is 1. The van der Waals surface area contributed by atoms with Crippen LogP contribution in [0.15, 0.2) is 12.7 Å². The average Bonchev–Trinajstić information content (AvgIpc) is 2.54. The second-order valence-corrected chi connectivity index (χ2v) is 20.9. The summed E-state index contributed by atoms with van der Waals surface area (Å²) in [6.07, 6.45) is 10.5. The Balaban J connectivity index is 2.61. The molecule has 0 aromatic heterocycles. The Bertz CT molecular complexity index is 296. The van der Waals surface area contributed by atoms with Gasteiger partial charge in [0.25, 0.3) is 0 Å². The van der Waals surface area contributed by atoms with E-state index < -0.39 is 15.4 Å². The maximum absolute atomic E-state index is 6.96. The van der Waals surface area contributed by atoms with Crippen molar-refractivity contribution < 1.29 is 4.43 Å². The molecule has 1 aliphatic rings. The van der Waals surface area contributed by atoms with Gasteiger partial charge in [0.05, 0.1) is 7.59 Å². The lowest BCUT2D eigenvalue weighted by Gasteiger charge is -2.52. The smallest absolute Gasteiger partial charge is 0.180 e. The fourth-order valence-corrected chi connectivity index (χ4v) is 23.3. The molecule has 0 aliphatic carbocycles. The molecule has 0 spiro atoms. The van der Waals surface area contributed by atoms with Gasteiger partial charge in [-0.1, -0.05) is 64.7 Å². The highest BCUT2D eigenvalue weighted by atomic mass is 29.3. The normalized spacial score (nSPS) is 23.9. The molecule has 1 nitrogen and oxygen atoms in total. The third-order valence-corrected chi connectivity index (χ3v) is 26.3. The first-order chi connectivity index (χ1) is 10.1. The van der Waals surface area contributed by atoms with E-state index in [1.54, 1.807) is 6.04 Å². The summed E-state index contributed by atoms with van der Waals surface area (Å²) >= 11 is 0. The van der Waals surface area contributed by atoms with Gasteiger partial charge in [-0.3, -0.25) is 0 Å². The zero-order valence-electron chi connectivity index (χ0n) is 15.0. The van der Waals surface area contributed by atoms with Gasteiger partial charge in [0, 0.05) is 6.10 Å². The minimum Gasteiger partial charge on any atom is -0.417 e. The van der Waals surface area contributed by atoms with Gasteiger partial charge in [-0.15, -0.1) is 6.58 Å². The van der Waals surface area contributed by atoms with Crippen molar-refractivity contribution in [1.82, 2.24) is 0 Å². The predicted octanol–water partition coefficient (Wildman–Crippen LogP) is 6.46. The molecule has 0 bridgehead atoms. The van der Waals surface area contributed by atoms with Crippen LogP contribution < -0.4 is 0 Å². The minimum atomic E-state index is -1.43. The Morgan fingerprint density at radius 3 is 2.19 bits per heavy atom. The fraction of sp³-hybridized carbons (Fsp3) is 0.889. The molecule has 1 saturated heterocycles. The molecule has 0 aromatic carbocycles. The van der Waals surface area contributed by atoms with Crippen molar-refractivity contribution in [2.24, 2.45) is 0 Å². The largest absolute Gasteiger partial charge is 0.417 e. The van der Waals surface area contributed by atoms with Crippen LogP contribution >= 0.6 is 0 Å². The zero-order chi connectivity index (χ0) is 15.8. The van der Waals surface area contributed by atoms with E-state index in [-0.39, 0.29) is 0 Å². The van der Waals surface area contributed by atoms with Gasteiger partial charge in [0.15, 0.2) is 7.83 Å². The molecule has 1 heterocycles. The molecule has 124 valence electrons. The molecule has 0 radical (unpaired) electrons. The Morgan fingerprint density at radius 1 is 1.00 bits per heavy atom. The highest BCUT2D eigenvalue weighted by Gasteiger charge is 2.55. The van der Waals surface area contributed by atoms with Crippen LogP contribution in [0.3, 0.4) is 0 Å². The zero-order valence-corrected chi connectivity index (χ0v) is 17.0. The standard InChI is InChI=1S/C18H38OSi2/c1-6-11-12-13-14-15-18-16-17-20(7-2,8-3)21(9-4,10-5)19-18/h6,18H,1,7-17H2,2-5H3. The molecule has 1 rings (SSSR count). The third kappa shape index (κ3) is 4.32. The lowest BCUT2D eigenvalue weighted by molar-refractivity contribution is 0.166. The molecular formula is C18H38OSi2. The van der Waals surface area contributed by atoms with Gasteiger partial charge in [-0.2, -0.15) is 0 Å². The van der Waals surface area contributed by atoms with Crippen molar-refractivity contribution in [2.45, 2.75) is 103 Å². The van der Waals surface area contributed by atoms with Crippen LogP contribution in [0.4, 0.5) is 0 Å². The van der Waals surface area contributed by atoms with Crippen LogP contribution in [0.5, 0.6) is 0 Å². The van der Waals surface area contributed by atoms with Crippen molar-refractivity contribution in [1.29, 1.82) is 0 Å². The van der Waals surface area contributed by atoms with Crippen molar-refractivity contribution in [2.75, 3.05) is 0 Å². The number of rotatable bonds is 10. The van der Waals surface area contributed by atoms with Crippen molar-refractivity contribution in [3.63, 3.8) is 0 Å². The molecular weight excluding hydrogens is 288 g/mol. The SMILES string of the molecule is C=CCCCCCC1CC[Si](CC)(CC)[Si](CC)(CC)O1. The summed E-state index contributed by atoms with van der Waals surface area (Å²) < 4.78 is 6.96. The maximum atomic E-state index is 6.96. The summed E-state index contributed by atoms with van der Waals surface area (Å²) in [5.41, 5.74) is 0. The molecule has 21 heavy (non-hydrogen) atoms. The van der Waals surface area contributed by atoms with Gasteiger partial charge in [-0.25, -0.2) is 0 Å². The van der Waals surface area contributed by atoms with Crippen LogP contribution in [0.25, 0.3) is 0 Å². The Kier molecular flexibility index (Phi) is 8.51. The molecule has 3 heteroatoms. The van der Waals surface area contributed by atoms with Crippen molar-refractivity contribution >= 4 is 15.4 Å². The number of unbranched alkanes of at least 4 members (excludes halogenated alkanes) is 3. The molecule has 1 atom stereocenters. The molecule has 0 amide bonds. The maximum Gasteiger partial charge on any atom is 0.180 e. The van der Waals surface area contributed by atoms with E-state index in [0.717, 1.165) is 0 Å². The van der Waals surface area contributed by atoms with Gasteiger partial charge >= 0.3 is 0 Å². The summed E-state index contributed by atoms with van der Waals surface area (Å²) in [4.78, 5) is 0. The minimum absolute atomic E-state index is 0.596. The highest BCUT2D eigenvalue weighted by Crippen LogP contribution is 2.44. The lowest BCUT2D eigenvalue weighted by Crippen LogP contribution is -2.67. The van der Waals surface area contributed by atoms with Crippen LogP contribution in [-0.2, 0) is 4.43 Å². The summed E-state index contributed by atoms with van der Waals surface area (Å²) in [5, 5.41) is 0. The van der Waals surface area contributed by atoms with E-state index >= 15 is 0 Å². The summed E-state index contributed by atoms with van der Waals surface area (Å²) in [7, 11) is -2.53. The molecule has 0 aromatic rings. The van der Waals surface area contributed by atoms with Crippen molar-refractivity contribution in [3.05, 3.63) is 12.7 Å². The summed E-state index contributed by atoms with van der Waals surface area (Å²) in [6, 6.07) is 7.22.